The molecule has 3 nitrogen and oxygen atoms in total. The Kier molecular flexibility index (Phi) is 3.05. The first kappa shape index (κ1) is 11.9. The third kappa shape index (κ3) is 2.02. The number of benzene rings is 2. The SMILES string of the molecule is COCC(=O)NC1c2ccccc2-c2ccccc21. The third-order valence-corrected chi connectivity index (χ3v) is 3.41. The van der Waals surface area contributed by atoms with Gasteiger partial charge in [-0.1, -0.05) is 48.5 Å². The summed E-state index contributed by atoms with van der Waals surface area (Å²) in [4.78, 5) is 11.8. The summed E-state index contributed by atoms with van der Waals surface area (Å²) in [7, 11) is 1.52. The lowest BCUT2D eigenvalue weighted by atomic mass is 10.1. The second-order valence-corrected chi connectivity index (χ2v) is 4.61. The van der Waals surface area contributed by atoms with E-state index in [0.29, 0.717) is 0 Å². The number of methoxy groups -OCH3 is 1. The normalized spacial score (nSPS) is 12.9. The van der Waals surface area contributed by atoms with Gasteiger partial charge in [-0.2, -0.15) is 0 Å². The number of amides is 1. The minimum Gasteiger partial charge on any atom is -0.375 e. The summed E-state index contributed by atoms with van der Waals surface area (Å²) in [6, 6.07) is 16.3. The van der Waals surface area contributed by atoms with E-state index in [-0.39, 0.29) is 18.6 Å². The van der Waals surface area contributed by atoms with Crippen molar-refractivity contribution in [2.24, 2.45) is 0 Å². The zero-order chi connectivity index (χ0) is 13.2. The second kappa shape index (κ2) is 4.86. The maximum atomic E-state index is 11.8. The summed E-state index contributed by atoms with van der Waals surface area (Å²) in [5.41, 5.74) is 4.68. The van der Waals surface area contributed by atoms with Gasteiger partial charge < -0.3 is 10.1 Å². The van der Waals surface area contributed by atoms with Crippen molar-refractivity contribution in [2.45, 2.75) is 6.04 Å². The lowest BCUT2D eigenvalue weighted by Gasteiger charge is -2.15. The van der Waals surface area contributed by atoms with Gasteiger partial charge in [-0.15, -0.1) is 0 Å². The van der Waals surface area contributed by atoms with E-state index in [4.69, 9.17) is 4.74 Å². The predicted octanol–water partition coefficient (Wildman–Crippen LogP) is 2.52. The maximum absolute atomic E-state index is 11.8. The molecule has 0 fully saturated rings. The highest BCUT2D eigenvalue weighted by Gasteiger charge is 2.28. The van der Waals surface area contributed by atoms with Gasteiger partial charge in [0, 0.05) is 7.11 Å². The van der Waals surface area contributed by atoms with Crippen LogP contribution in [-0.4, -0.2) is 19.6 Å². The van der Waals surface area contributed by atoms with Crippen LogP contribution in [0.5, 0.6) is 0 Å². The molecule has 96 valence electrons. The molecule has 19 heavy (non-hydrogen) atoms. The molecule has 0 spiro atoms. The fourth-order valence-corrected chi connectivity index (χ4v) is 2.64. The molecule has 1 aliphatic carbocycles. The Balaban J connectivity index is 2.02. The molecule has 2 aromatic rings. The smallest absolute Gasteiger partial charge is 0.246 e. The van der Waals surface area contributed by atoms with Gasteiger partial charge >= 0.3 is 0 Å². The van der Waals surface area contributed by atoms with Gasteiger partial charge in [-0.25, -0.2) is 0 Å². The summed E-state index contributed by atoms with van der Waals surface area (Å²) in [5, 5.41) is 3.03. The first-order valence-corrected chi connectivity index (χ1v) is 6.28. The maximum Gasteiger partial charge on any atom is 0.246 e. The fraction of sp³-hybridized carbons (Fsp3) is 0.188. The van der Waals surface area contributed by atoms with Gasteiger partial charge in [-0.3, -0.25) is 4.79 Å². The van der Waals surface area contributed by atoms with Crippen LogP contribution in [0.15, 0.2) is 48.5 Å². The second-order valence-electron chi connectivity index (χ2n) is 4.61. The molecule has 2 aromatic carbocycles. The summed E-state index contributed by atoms with van der Waals surface area (Å²) < 4.78 is 4.88. The average molecular weight is 253 g/mol. The van der Waals surface area contributed by atoms with Crippen molar-refractivity contribution < 1.29 is 9.53 Å². The Morgan fingerprint density at radius 1 is 1.05 bits per heavy atom. The number of hydrogen-bond acceptors (Lipinski definition) is 2. The zero-order valence-electron chi connectivity index (χ0n) is 10.7. The first-order chi connectivity index (χ1) is 9.31. The van der Waals surface area contributed by atoms with E-state index in [1.165, 1.54) is 18.2 Å². The highest BCUT2D eigenvalue weighted by Crippen LogP contribution is 2.42. The van der Waals surface area contributed by atoms with E-state index in [2.05, 4.69) is 29.6 Å². The van der Waals surface area contributed by atoms with E-state index >= 15 is 0 Å². The van der Waals surface area contributed by atoms with E-state index in [1.807, 2.05) is 24.3 Å². The molecule has 1 amide bonds. The van der Waals surface area contributed by atoms with Gasteiger partial charge in [0.2, 0.25) is 5.91 Å². The van der Waals surface area contributed by atoms with Crippen molar-refractivity contribution in [1.82, 2.24) is 5.32 Å². The Hall–Kier alpha value is -2.13. The molecule has 0 atom stereocenters. The Morgan fingerprint density at radius 3 is 2.11 bits per heavy atom. The van der Waals surface area contributed by atoms with Crippen LogP contribution in [0, 0.1) is 0 Å². The monoisotopic (exact) mass is 253 g/mol. The van der Waals surface area contributed by atoms with Gasteiger partial charge in [0.1, 0.15) is 6.61 Å². The predicted molar refractivity (Wildman–Crippen MR) is 73.7 cm³/mol. The number of fused-ring (bicyclic) bond motifs is 3. The molecule has 0 bridgehead atoms. The number of nitrogens with one attached hydrogen (secondary N) is 1. The summed E-state index contributed by atoms with van der Waals surface area (Å²) in [6.45, 7) is 0.0842. The summed E-state index contributed by atoms with van der Waals surface area (Å²) >= 11 is 0. The number of rotatable bonds is 3. The number of ether oxygens (including phenoxy) is 1. The number of hydrogen-bond donors (Lipinski definition) is 1. The molecule has 0 saturated heterocycles. The lowest BCUT2D eigenvalue weighted by Crippen LogP contribution is -2.30. The number of carbonyl (C=O) groups is 1. The minimum absolute atomic E-state index is 0.0740. The van der Waals surface area contributed by atoms with Crippen molar-refractivity contribution in [3.05, 3.63) is 59.7 Å². The highest BCUT2D eigenvalue weighted by atomic mass is 16.5. The topological polar surface area (TPSA) is 38.3 Å². The average Bonchev–Trinajstić information content (AvgIpc) is 2.75. The van der Waals surface area contributed by atoms with Gasteiger partial charge in [0.05, 0.1) is 6.04 Å². The van der Waals surface area contributed by atoms with E-state index < -0.39 is 0 Å². The van der Waals surface area contributed by atoms with Crippen molar-refractivity contribution >= 4 is 5.91 Å². The first-order valence-electron chi connectivity index (χ1n) is 6.28. The van der Waals surface area contributed by atoms with E-state index in [0.717, 1.165) is 11.1 Å². The van der Waals surface area contributed by atoms with Crippen LogP contribution in [0.4, 0.5) is 0 Å². The van der Waals surface area contributed by atoms with Crippen molar-refractivity contribution in [2.75, 3.05) is 13.7 Å². The Morgan fingerprint density at radius 2 is 1.58 bits per heavy atom. The van der Waals surface area contributed by atoms with Gasteiger partial charge in [0.15, 0.2) is 0 Å². The van der Waals surface area contributed by atoms with Gasteiger partial charge in [-0.05, 0) is 22.3 Å². The van der Waals surface area contributed by atoms with Crippen molar-refractivity contribution in [3.8, 4) is 11.1 Å². The summed E-state index contributed by atoms with van der Waals surface area (Å²) in [5.74, 6) is -0.0981. The standard InChI is InChI=1S/C16H15NO2/c1-19-10-15(18)17-16-13-8-4-2-6-11(13)12-7-3-5-9-14(12)16/h2-9,16H,10H2,1H3,(H,17,18). The summed E-state index contributed by atoms with van der Waals surface area (Å²) in [6.07, 6.45) is 0. The molecule has 0 aliphatic heterocycles. The van der Waals surface area contributed by atoms with E-state index in [9.17, 15) is 4.79 Å². The van der Waals surface area contributed by atoms with Gasteiger partial charge in [0.25, 0.3) is 0 Å². The van der Waals surface area contributed by atoms with Crippen LogP contribution < -0.4 is 5.32 Å². The van der Waals surface area contributed by atoms with Crippen molar-refractivity contribution in [3.63, 3.8) is 0 Å². The minimum atomic E-state index is -0.0981. The molecule has 0 saturated carbocycles. The lowest BCUT2D eigenvalue weighted by molar-refractivity contribution is -0.125. The molecule has 0 heterocycles. The molecular formula is C16H15NO2. The van der Waals surface area contributed by atoms with Crippen LogP contribution in [0.1, 0.15) is 17.2 Å². The molecule has 1 aliphatic rings. The third-order valence-electron chi connectivity index (χ3n) is 3.41. The molecular weight excluding hydrogens is 238 g/mol. The molecule has 0 radical (unpaired) electrons. The van der Waals surface area contributed by atoms with Crippen LogP contribution in [0.2, 0.25) is 0 Å². The molecule has 3 heteroatoms. The Labute approximate surface area is 112 Å². The highest BCUT2D eigenvalue weighted by molar-refractivity contribution is 5.83. The molecule has 3 rings (SSSR count). The fourth-order valence-electron chi connectivity index (χ4n) is 2.64. The van der Waals surface area contributed by atoms with Crippen LogP contribution in [0.3, 0.4) is 0 Å². The van der Waals surface area contributed by atoms with E-state index in [1.54, 1.807) is 0 Å². The largest absolute Gasteiger partial charge is 0.375 e. The quantitative estimate of drug-likeness (QED) is 0.912. The van der Waals surface area contributed by atoms with Crippen LogP contribution in [-0.2, 0) is 9.53 Å². The number of carbonyl (C=O) groups excluding carboxylic acids is 1. The van der Waals surface area contributed by atoms with Crippen LogP contribution >= 0.6 is 0 Å². The Bertz CT molecular complexity index is 576. The van der Waals surface area contributed by atoms with Crippen molar-refractivity contribution in [1.29, 1.82) is 0 Å². The molecule has 0 aromatic heterocycles. The molecule has 0 unspecified atom stereocenters. The van der Waals surface area contributed by atoms with Crippen LogP contribution in [0.25, 0.3) is 11.1 Å². The zero-order valence-corrected chi connectivity index (χ0v) is 10.7. The molecule has 1 N–H and O–H groups in total.